The molecule has 1 amide bonds. The third-order valence-electron chi connectivity index (χ3n) is 3.56. The van der Waals surface area contributed by atoms with Crippen molar-refractivity contribution in [2.75, 3.05) is 19.7 Å². The number of carbonyl (C=O) groups is 1. The van der Waals surface area contributed by atoms with E-state index in [1.165, 1.54) is 5.56 Å². The highest BCUT2D eigenvalue weighted by Crippen LogP contribution is 2.19. The molecule has 4 heteroatoms. The van der Waals surface area contributed by atoms with E-state index in [-0.39, 0.29) is 24.5 Å². The summed E-state index contributed by atoms with van der Waals surface area (Å²) in [5.41, 5.74) is 1.24. The lowest BCUT2D eigenvalue weighted by Crippen LogP contribution is -2.41. The van der Waals surface area contributed by atoms with Crippen molar-refractivity contribution in [3.8, 4) is 11.8 Å². The first-order chi connectivity index (χ1) is 9.72. The van der Waals surface area contributed by atoms with Gasteiger partial charge < -0.3 is 10.4 Å². The molecule has 2 atom stereocenters. The molecule has 4 nitrogen and oxygen atoms in total. The predicted molar refractivity (Wildman–Crippen MR) is 77.7 cm³/mol. The third kappa shape index (κ3) is 3.83. The van der Waals surface area contributed by atoms with Gasteiger partial charge in [-0.25, -0.2) is 0 Å². The Kier molecular flexibility index (Phi) is 5.16. The standard InChI is InChI=1S/C16H20N2O2/c1-2-6-16(20)17-15-11-18(10-14(15)12-19)9-13-7-4-3-5-8-13/h3-5,7-8,14-15,19H,9-12H2,1H3,(H,17,20)/t14-,15+/m0/s1. The van der Waals surface area contributed by atoms with Crippen molar-refractivity contribution < 1.29 is 9.90 Å². The minimum atomic E-state index is -0.266. The van der Waals surface area contributed by atoms with Gasteiger partial charge in [0.1, 0.15) is 0 Å². The Bertz CT molecular complexity index is 504. The number of rotatable bonds is 4. The van der Waals surface area contributed by atoms with E-state index in [1.54, 1.807) is 6.92 Å². The second-order valence-corrected chi connectivity index (χ2v) is 5.08. The summed E-state index contributed by atoms with van der Waals surface area (Å²) in [6.07, 6.45) is 0. The Morgan fingerprint density at radius 3 is 2.80 bits per heavy atom. The Hall–Kier alpha value is -1.83. The van der Waals surface area contributed by atoms with Gasteiger partial charge in [-0.15, -0.1) is 0 Å². The summed E-state index contributed by atoms with van der Waals surface area (Å²) < 4.78 is 0. The maximum atomic E-state index is 11.5. The summed E-state index contributed by atoms with van der Waals surface area (Å²) in [5, 5.41) is 12.3. The number of likely N-dealkylation sites (tertiary alicyclic amines) is 1. The highest BCUT2D eigenvalue weighted by Gasteiger charge is 2.32. The van der Waals surface area contributed by atoms with Gasteiger partial charge in [0.2, 0.25) is 0 Å². The van der Waals surface area contributed by atoms with Crippen molar-refractivity contribution in [1.82, 2.24) is 10.2 Å². The van der Waals surface area contributed by atoms with E-state index in [9.17, 15) is 9.90 Å². The van der Waals surface area contributed by atoms with Gasteiger partial charge in [-0.3, -0.25) is 9.69 Å². The number of aliphatic hydroxyl groups is 1. The molecular weight excluding hydrogens is 252 g/mol. The zero-order valence-corrected chi connectivity index (χ0v) is 11.7. The monoisotopic (exact) mass is 272 g/mol. The summed E-state index contributed by atoms with van der Waals surface area (Å²) in [4.78, 5) is 13.8. The van der Waals surface area contributed by atoms with Gasteiger partial charge in [-0.05, 0) is 18.4 Å². The first-order valence-corrected chi connectivity index (χ1v) is 6.83. The summed E-state index contributed by atoms with van der Waals surface area (Å²) in [6, 6.07) is 10.2. The highest BCUT2D eigenvalue weighted by molar-refractivity contribution is 5.93. The Morgan fingerprint density at radius 1 is 1.40 bits per heavy atom. The molecule has 2 N–H and O–H groups in total. The zero-order valence-electron chi connectivity index (χ0n) is 11.7. The van der Waals surface area contributed by atoms with Gasteiger partial charge in [-0.2, -0.15) is 0 Å². The second kappa shape index (κ2) is 7.09. The molecule has 0 bridgehead atoms. The van der Waals surface area contributed by atoms with E-state index in [2.05, 4.69) is 34.2 Å². The van der Waals surface area contributed by atoms with Crippen LogP contribution in [0.4, 0.5) is 0 Å². The Labute approximate surface area is 119 Å². The van der Waals surface area contributed by atoms with Gasteiger partial charge in [0.25, 0.3) is 5.91 Å². The molecule has 106 valence electrons. The van der Waals surface area contributed by atoms with Crippen LogP contribution in [-0.2, 0) is 11.3 Å². The van der Waals surface area contributed by atoms with Crippen LogP contribution in [0.25, 0.3) is 0 Å². The van der Waals surface area contributed by atoms with E-state index in [0.717, 1.165) is 19.6 Å². The molecule has 0 aliphatic carbocycles. The second-order valence-electron chi connectivity index (χ2n) is 5.08. The third-order valence-corrected chi connectivity index (χ3v) is 3.56. The molecule has 1 saturated heterocycles. The molecule has 0 aromatic heterocycles. The fourth-order valence-electron chi connectivity index (χ4n) is 2.60. The van der Waals surface area contributed by atoms with E-state index in [4.69, 9.17) is 0 Å². The maximum Gasteiger partial charge on any atom is 0.296 e. The molecule has 1 aromatic rings. The molecule has 1 aliphatic rings. The molecule has 1 aliphatic heterocycles. The quantitative estimate of drug-likeness (QED) is 0.790. The van der Waals surface area contributed by atoms with Crippen LogP contribution in [0.3, 0.4) is 0 Å². The molecule has 20 heavy (non-hydrogen) atoms. The lowest BCUT2D eigenvalue weighted by molar-refractivity contribution is -0.116. The van der Waals surface area contributed by atoms with Crippen molar-refractivity contribution in [2.24, 2.45) is 5.92 Å². The molecule has 0 spiro atoms. The molecule has 0 radical (unpaired) electrons. The molecule has 0 saturated carbocycles. The Balaban J connectivity index is 1.94. The van der Waals surface area contributed by atoms with E-state index < -0.39 is 0 Å². The number of hydrogen-bond acceptors (Lipinski definition) is 3. The lowest BCUT2D eigenvalue weighted by Gasteiger charge is -2.16. The summed E-state index contributed by atoms with van der Waals surface area (Å²) in [5.74, 6) is 4.87. The van der Waals surface area contributed by atoms with Crippen molar-refractivity contribution >= 4 is 5.91 Å². The minimum absolute atomic E-state index is 0.0305. The molecule has 2 rings (SSSR count). The number of benzene rings is 1. The summed E-state index contributed by atoms with van der Waals surface area (Å²) in [7, 11) is 0. The van der Waals surface area contributed by atoms with E-state index >= 15 is 0 Å². The van der Waals surface area contributed by atoms with Crippen molar-refractivity contribution in [3.05, 3.63) is 35.9 Å². The van der Waals surface area contributed by atoms with Crippen LogP contribution < -0.4 is 5.32 Å². The van der Waals surface area contributed by atoms with Crippen LogP contribution in [0.15, 0.2) is 30.3 Å². The van der Waals surface area contributed by atoms with E-state index in [0.29, 0.717) is 0 Å². The molecule has 1 fully saturated rings. The number of aliphatic hydroxyl groups excluding tert-OH is 1. The normalized spacial score (nSPS) is 22.1. The number of nitrogens with one attached hydrogen (secondary N) is 1. The van der Waals surface area contributed by atoms with Crippen LogP contribution in [0.1, 0.15) is 12.5 Å². The smallest absolute Gasteiger partial charge is 0.296 e. The van der Waals surface area contributed by atoms with Crippen LogP contribution in [0.5, 0.6) is 0 Å². The molecule has 1 heterocycles. The SMILES string of the molecule is CC#CC(=O)N[C@@H]1CN(Cc2ccccc2)C[C@H]1CO. The topological polar surface area (TPSA) is 52.6 Å². The van der Waals surface area contributed by atoms with Crippen molar-refractivity contribution in [3.63, 3.8) is 0 Å². The largest absolute Gasteiger partial charge is 0.396 e. The maximum absolute atomic E-state index is 11.5. The number of amides is 1. The molecular formula is C16H20N2O2. The van der Waals surface area contributed by atoms with Gasteiger partial charge >= 0.3 is 0 Å². The first-order valence-electron chi connectivity index (χ1n) is 6.83. The fraction of sp³-hybridized carbons (Fsp3) is 0.438. The number of hydrogen-bond donors (Lipinski definition) is 2. The van der Waals surface area contributed by atoms with Crippen LogP contribution in [0.2, 0.25) is 0 Å². The predicted octanol–water partition coefficient (Wildman–Crippen LogP) is 0.619. The zero-order chi connectivity index (χ0) is 14.4. The first kappa shape index (κ1) is 14.6. The lowest BCUT2D eigenvalue weighted by atomic mass is 10.1. The van der Waals surface area contributed by atoms with E-state index in [1.807, 2.05) is 18.2 Å². The van der Waals surface area contributed by atoms with Gasteiger partial charge in [0.15, 0.2) is 0 Å². The fourth-order valence-corrected chi connectivity index (χ4v) is 2.60. The van der Waals surface area contributed by atoms with Gasteiger partial charge in [0.05, 0.1) is 0 Å². The average molecular weight is 272 g/mol. The van der Waals surface area contributed by atoms with Gasteiger partial charge in [0, 0.05) is 38.2 Å². The minimum Gasteiger partial charge on any atom is -0.396 e. The van der Waals surface area contributed by atoms with Crippen LogP contribution >= 0.6 is 0 Å². The highest BCUT2D eigenvalue weighted by atomic mass is 16.3. The average Bonchev–Trinajstić information content (AvgIpc) is 2.82. The number of nitrogens with zero attached hydrogens (tertiary/aromatic N) is 1. The van der Waals surface area contributed by atoms with Gasteiger partial charge in [-0.1, -0.05) is 36.3 Å². The molecule has 1 aromatic carbocycles. The van der Waals surface area contributed by atoms with Crippen molar-refractivity contribution in [1.29, 1.82) is 0 Å². The summed E-state index contributed by atoms with van der Waals surface area (Å²) >= 11 is 0. The Morgan fingerprint density at radius 2 is 2.15 bits per heavy atom. The van der Waals surface area contributed by atoms with Crippen LogP contribution in [0, 0.1) is 17.8 Å². The number of carbonyl (C=O) groups excluding carboxylic acids is 1. The summed E-state index contributed by atoms with van der Waals surface area (Å²) in [6.45, 7) is 4.09. The van der Waals surface area contributed by atoms with Crippen LogP contribution in [-0.4, -0.2) is 41.7 Å². The molecule has 0 unspecified atom stereocenters. The van der Waals surface area contributed by atoms with Crippen molar-refractivity contribution in [2.45, 2.75) is 19.5 Å².